The summed E-state index contributed by atoms with van der Waals surface area (Å²) < 4.78 is 8.69. The van der Waals surface area contributed by atoms with E-state index in [1.807, 2.05) is 6.92 Å². The van der Waals surface area contributed by atoms with Crippen molar-refractivity contribution in [2.45, 2.75) is 63.2 Å². The van der Waals surface area contributed by atoms with E-state index in [2.05, 4.69) is 30.6 Å². The van der Waals surface area contributed by atoms with E-state index in [1.54, 1.807) is 10.8 Å². The van der Waals surface area contributed by atoms with Crippen molar-refractivity contribution in [2.24, 2.45) is 0 Å². The standard InChI is InChI=1S/C18H24N8O4/c1-9-6-26(24-23-9)18-21-15(20-10-4-2-3-5-10)12-16(22-18)25(8-19-12)17-14(29)13(28)11(7-27)30-17/h6,8,10-11,13-14,17,27-29H,2-5,7H2,1H3,(H,20,21,22)/t11-,13-,14+,17?/m1/s1. The summed E-state index contributed by atoms with van der Waals surface area (Å²) in [6.45, 7) is 1.41. The highest BCUT2D eigenvalue weighted by atomic mass is 16.6. The zero-order valence-corrected chi connectivity index (χ0v) is 16.5. The first-order chi connectivity index (χ1) is 14.5. The minimum Gasteiger partial charge on any atom is -0.394 e. The Bertz CT molecular complexity index is 1050. The van der Waals surface area contributed by atoms with Crippen LogP contribution < -0.4 is 5.32 Å². The fourth-order valence-electron chi connectivity index (χ4n) is 4.11. The molecule has 0 amide bonds. The number of anilines is 1. The number of rotatable bonds is 5. The predicted octanol–water partition coefficient (Wildman–Crippen LogP) is -0.319. The fraction of sp³-hybridized carbons (Fsp3) is 0.611. The van der Waals surface area contributed by atoms with Crippen molar-refractivity contribution < 1.29 is 20.1 Å². The average Bonchev–Trinajstić information content (AvgIpc) is 3.52. The van der Waals surface area contributed by atoms with Crippen LogP contribution in [-0.2, 0) is 4.74 Å². The molecule has 5 rings (SSSR count). The highest BCUT2D eigenvalue weighted by Gasteiger charge is 2.44. The monoisotopic (exact) mass is 416 g/mol. The molecule has 1 saturated heterocycles. The molecule has 1 unspecified atom stereocenters. The maximum atomic E-state index is 10.5. The van der Waals surface area contributed by atoms with Crippen molar-refractivity contribution in [3.8, 4) is 5.95 Å². The van der Waals surface area contributed by atoms with E-state index in [0.717, 1.165) is 31.4 Å². The van der Waals surface area contributed by atoms with E-state index in [-0.39, 0.29) is 0 Å². The van der Waals surface area contributed by atoms with Crippen LogP contribution in [0.1, 0.15) is 37.6 Å². The molecule has 4 N–H and O–H groups in total. The zero-order chi connectivity index (χ0) is 20.8. The molecule has 3 aromatic heterocycles. The van der Waals surface area contributed by atoms with Crippen molar-refractivity contribution in [3.05, 3.63) is 18.2 Å². The molecular weight excluding hydrogens is 392 g/mol. The third-order valence-corrected chi connectivity index (χ3v) is 5.71. The van der Waals surface area contributed by atoms with Gasteiger partial charge in [-0.2, -0.15) is 14.6 Å². The van der Waals surface area contributed by atoms with Crippen molar-refractivity contribution in [2.75, 3.05) is 11.9 Å². The highest BCUT2D eigenvalue weighted by Crippen LogP contribution is 2.33. The molecule has 0 spiro atoms. The smallest absolute Gasteiger partial charge is 0.256 e. The summed E-state index contributed by atoms with van der Waals surface area (Å²) >= 11 is 0. The number of aromatic nitrogens is 7. The van der Waals surface area contributed by atoms with E-state index < -0.39 is 31.1 Å². The molecule has 1 aliphatic heterocycles. The number of imidazole rings is 1. The van der Waals surface area contributed by atoms with Gasteiger partial charge in [0.15, 0.2) is 23.2 Å². The maximum absolute atomic E-state index is 10.5. The number of aliphatic hydroxyl groups excluding tert-OH is 3. The van der Waals surface area contributed by atoms with Gasteiger partial charge in [0.2, 0.25) is 0 Å². The molecule has 1 saturated carbocycles. The third kappa shape index (κ3) is 3.21. The van der Waals surface area contributed by atoms with Crippen LogP contribution >= 0.6 is 0 Å². The van der Waals surface area contributed by atoms with Gasteiger partial charge in [-0.15, -0.1) is 5.10 Å². The molecule has 12 heteroatoms. The molecule has 1 aliphatic carbocycles. The Kier molecular flexibility index (Phi) is 4.85. The molecule has 30 heavy (non-hydrogen) atoms. The molecule has 4 atom stereocenters. The maximum Gasteiger partial charge on any atom is 0.256 e. The van der Waals surface area contributed by atoms with Gasteiger partial charge in [-0.1, -0.05) is 18.1 Å². The van der Waals surface area contributed by atoms with Crippen LogP contribution in [-0.4, -0.2) is 80.8 Å². The van der Waals surface area contributed by atoms with Gasteiger partial charge in [-0.05, 0) is 19.8 Å². The quantitative estimate of drug-likeness (QED) is 0.435. The summed E-state index contributed by atoms with van der Waals surface area (Å²) in [5, 5.41) is 41.5. The SMILES string of the molecule is Cc1cn(-c2nc(NC3CCCC3)c3ncn(C4O[C@H](CO)[C@@H](O)[C@@H]4O)c3n2)nn1. The van der Waals surface area contributed by atoms with Crippen molar-refractivity contribution in [1.82, 2.24) is 34.5 Å². The summed E-state index contributed by atoms with van der Waals surface area (Å²) in [4.78, 5) is 13.7. The molecule has 12 nitrogen and oxygen atoms in total. The number of fused-ring (bicyclic) bond motifs is 1. The van der Waals surface area contributed by atoms with E-state index in [1.165, 1.54) is 11.0 Å². The number of nitrogens with zero attached hydrogens (tertiary/aromatic N) is 7. The Hall–Kier alpha value is -2.67. The van der Waals surface area contributed by atoms with Crippen LogP contribution in [0.25, 0.3) is 17.1 Å². The van der Waals surface area contributed by atoms with Crippen LogP contribution in [0.3, 0.4) is 0 Å². The van der Waals surface area contributed by atoms with Crippen molar-refractivity contribution >= 4 is 17.0 Å². The number of aliphatic hydroxyl groups is 3. The van der Waals surface area contributed by atoms with Crippen LogP contribution in [0.15, 0.2) is 12.5 Å². The zero-order valence-electron chi connectivity index (χ0n) is 16.5. The van der Waals surface area contributed by atoms with E-state index in [9.17, 15) is 15.3 Å². The van der Waals surface area contributed by atoms with E-state index >= 15 is 0 Å². The Labute approximate surface area is 171 Å². The highest BCUT2D eigenvalue weighted by molar-refractivity contribution is 5.84. The molecule has 3 aromatic rings. The second-order valence-corrected chi connectivity index (χ2v) is 7.86. The number of nitrogens with one attached hydrogen (secondary N) is 1. The van der Waals surface area contributed by atoms with Gasteiger partial charge in [0.25, 0.3) is 5.95 Å². The second kappa shape index (κ2) is 7.54. The van der Waals surface area contributed by atoms with E-state index in [4.69, 9.17) is 4.74 Å². The van der Waals surface area contributed by atoms with Crippen LogP contribution in [0, 0.1) is 6.92 Å². The predicted molar refractivity (Wildman–Crippen MR) is 104 cm³/mol. The van der Waals surface area contributed by atoms with Gasteiger partial charge in [0.1, 0.15) is 18.3 Å². The molecule has 0 radical (unpaired) electrons. The molecule has 4 heterocycles. The van der Waals surface area contributed by atoms with Gasteiger partial charge < -0.3 is 25.4 Å². The minimum absolute atomic E-state index is 0.299. The first kappa shape index (κ1) is 19.3. The molecule has 2 aliphatic rings. The Balaban J connectivity index is 1.61. The molecule has 160 valence electrons. The summed E-state index contributed by atoms with van der Waals surface area (Å²) in [6, 6.07) is 0.299. The normalized spacial score (nSPS) is 27.3. The number of hydrogen-bond donors (Lipinski definition) is 4. The Morgan fingerprint density at radius 3 is 2.67 bits per heavy atom. The molecule has 0 aromatic carbocycles. The number of hydrogen-bond acceptors (Lipinski definition) is 10. The van der Waals surface area contributed by atoms with Crippen LogP contribution in [0.2, 0.25) is 0 Å². The van der Waals surface area contributed by atoms with Gasteiger partial charge in [-0.25, -0.2) is 4.98 Å². The molecule has 0 bridgehead atoms. The minimum atomic E-state index is -1.24. The lowest BCUT2D eigenvalue weighted by Gasteiger charge is -2.17. The van der Waals surface area contributed by atoms with Crippen molar-refractivity contribution in [1.29, 1.82) is 0 Å². The Morgan fingerprint density at radius 1 is 1.20 bits per heavy atom. The topological polar surface area (TPSA) is 156 Å². The van der Waals surface area contributed by atoms with Gasteiger partial charge >= 0.3 is 0 Å². The average molecular weight is 416 g/mol. The van der Waals surface area contributed by atoms with Crippen molar-refractivity contribution in [3.63, 3.8) is 0 Å². The summed E-state index contributed by atoms with van der Waals surface area (Å²) in [5.74, 6) is 0.873. The van der Waals surface area contributed by atoms with Gasteiger partial charge in [-0.3, -0.25) is 4.57 Å². The molecular formula is C18H24N8O4. The number of aryl methyl sites for hydroxylation is 1. The summed E-state index contributed by atoms with van der Waals surface area (Å²) in [7, 11) is 0. The van der Waals surface area contributed by atoms with E-state index in [0.29, 0.717) is 29.0 Å². The fourth-order valence-corrected chi connectivity index (χ4v) is 4.11. The summed E-state index contributed by atoms with van der Waals surface area (Å²) in [5.41, 5.74) is 1.67. The van der Waals surface area contributed by atoms with Gasteiger partial charge in [0.05, 0.1) is 24.8 Å². The second-order valence-electron chi connectivity index (χ2n) is 7.86. The largest absolute Gasteiger partial charge is 0.394 e. The third-order valence-electron chi connectivity index (χ3n) is 5.71. The lowest BCUT2D eigenvalue weighted by molar-refractivity contribution is -0.0511. The molecule has 2 fully saturated rings. The van der Waals surface area contributed by atoms with Crippen LogP contribution in [0.4, 0.5) is 5.82 Å². The van der Waals surface area contributed by atoms with Crippen LogP contribution in [0.5, 0.6) is 0 Å². The first-order valence-corrected chi connectivity index (χ1v) is 10.1. The lowest BCUT2D eigenvalue weighted by atomic mass is 10.1. The lowest BCUT2D eigenvalue weighted by Crippen LogP contribution is -2.33. The summed E-state index contributed by atoms with van der Waals surface area (Å²) in [6.07, 6.45) is 3.36. The Morgan fingerprint density at radius 2 is 2.00 bits per heavy atom. The first-order valence-electron chi connectivity index (χ1n) is 10.1. The number of ether oxygens (including phenoxy) is 1. The van der Waals surface area contributed by atoms with Gasteiger partial charge in [0, 0.05) is 6.04 Å².